The third kappa shape index (κ3) is 4.21. The van der Waals surface area contributed by atoms with Gasteiger partial charge in [-0.15, -0.1) is 0 Å². The monoisotopic (exact) mass is 666 g/mol. The predicted octanol–water partition coefficient (Wildman–Crippen LogP) is 13.7. The molecule has 52 heavy (non-hydrogen) atoms. The fourth-order valence-electron chi connectivity index (χ4n) is 8.15. The number of para-hydroxylation sites is 6. The lowest BCUT2D eigenvalue weighted by atomic mass is 9.99. The van der Waals surface area contributed by atoms with Crippen LogP contribution in [0.4, 0.5) is 17.1 Å². The highest BCUT2D eigenvalue weighted by molar-refractivity contribution is 6.19. The summed E-state index contributed by atoms with van der Waals surface area (Å²) >= 11 is 0. The first kappa shape index (κ1) is 28.8. The Balaban J connectivity index is 1.25. The summed E-state index contributed by atoms with van der Waals surface area (Å²) in [6.45, 7) is 0. The van der Waals surface area contributed by atoms with Gasteiger partial charge in [0.1, 0.15) is 16.7 Å². The van der Waals surface area contributed by atoms with Crippen molar-refractivity contribution < 1.29 is 8.83 Å². The van der Waals surface area contributed by atoms with Crippen LogP contribution in [0.3, 0.4) is 0 Å². The number of fused-ring (bicyclic) bond motifs is 9. The van der Waals surface area contributed by atoms with E-state index in [1.165, 1.54) is 10.8 Å². The van der Waals surface area contributed by atoms with Gasteiger partial charge < -0.3 is 18.3 Å². The van der Waals surface area contributed by atoms with Gasteiger partial charge in [0.2, 0.25) is 0 Å². The van der Waals surface area contributed by atoms with Crippen LogP contribution in [0.5, 0.6) is 0 Å². The van der Waals surface area contributed by atoms with E-state index >= 15 is 0 Å². The summed E-state index contributed by atoms with van der Waals surface area (Å²) in [7, 11) is 0. The molecule has 0 atom stereocenters. The van der Waals surface area contributed by atoms with Crippen molar-refractivity contribution in [2.75, 3.05) is 4.90 Å². The largest absolute Gasteiger partial charge is 0.456 e. The summed E-state index contributed by atoms with van der Waals surface area (Å²) < 4.78 is 15.4. The van der Waals surface area contributed by atoms with Crippen LogP contribution in [0.1, 0.15) is 0 Å². The van der Waals surface area contributed by atoms with E-state index in [0.717, 1.165) is 88.8 Å². The van der Waals surface area contributed by atoms with Crippen LogP contribution < -0.4 is 4.90 Å². The van der Waals surface area contributed by atoms with Crippen molar-refractivity contribution in [2.24, 2.45) is 0 Å². The molecular formula is C48H30N2O2. The van der Waals surface area contributed by atoms with Gasteiger partial charge in [0.25, 0.3) is 0 Å². The molecule has 0 unspecified atom stereocenters. The number of hydrogen-bond acceptors (Lipinski definition) is 3. The van der Waals surface area contributed by atoms with E-state index in [4.69, 9.17) is 8.83 Å². The highest BCUT2D eigenvalue weighted by atomic mass is 16.3. The van der Waals surface area contributed by atoms with E-state index in [1.807, 2.05) is 18.2 Å². The van der Waals surface area contributed by atoms with Crippen LogP contribution in [0, 0.1) is 0 Å². The zero-order chi connectivity index (χ0) is 34.2. The molecule has 4 heteroatoms. The maximum absolute atomic E-state index is 6.76. The van der Waals surface area contributed by atoms with Crippen molar-refractivity contribution >= 4 is 82.7 Å². The Morgan fingerprint density at radius 3 is 1.85 bits per heavy atom. The molecule has 0 spiro atoms. The third-order valence-corrected chi connectivity index (χ3v) is 10.4. The molecule has 11 aromatic rings. The molecule has 0 saturated heterocycles. The van der Waals surface area contributed by atoms with E-state index in [2.05, 4.69) is 173 Å². The molecule has 0 aliphatic rings. The molecule has 0 saturated carbocycles. The van der Waals surface area contributed by atoms with Gasteiger partial charge in [-0.3, -0.25) is 0 Å². The first-order valence-corrected chi connectivity index (χ1v) is 17.6. The van der Waals surface area contributed by atoms with Crippen LogP contribution in [0.15, 0.2) is 191 Å². The van der Waals surface area contributed by atoms with Crippen molar-refractivity contribution in [3.8, 4) is 16.8 Å². The van der Waals surface area contributed by atoms with E-state index in [0.29, 0.717) is 0 Å². The Morgan fingerprint density at radius 2 is 0.981 bits per heavy atom. The number of anilines is 3. The highest BCUT2D eigenvalue weighted by Crippen LogP contribution is 2.49. The zero-order valence-corrected chi connectivity index (χ0v) is 28.0. The topological polar surface area (TPSA) is 34.5 Å². The van der Waals surface area contributed by atoms with Gasteiger partial charge >= 0.3 is 0 Å². The number of hydrogen-bond donors (Lipinski definition) is 0. The highest BCUT2D eigenvalue weighted by Gasteiger charge is 2.26. The summed E-state index contributed by atoms with van der Waals surface area (Å²) in [5.74, 6) is 0. The van der Waals surface area contributed by atoms with Gasteiger partial charge in [0, 0.05) is 43.6 Å². The molecule has 11 rings (SSSR count). The maximum atomic E-state index is 6.76. The molecule has 0 fully saturated rings. The molecule has 0 radical (unpaired) electrons. The van der Waals surface area contributed by atoms with Gasteiger partial charge in [-0.25, -0.2) is 0 Å². The number of rotatable bonds is 5. The van der Waals surface area contributed by atoms with Crippen molar-refractivity contribution in [3.05, 3.63) is 182 Å². The normalized spacial score (nSPS) is 11.8. The van der Waals surface area contributed by atoms with Gasteiger partial charge in [0.15, 0.2) is 5.58 Å². The molecule has 0 amide bonds. The quantitative estimate of drug-likeness (QED) is 0.183. The first-order chi connectivity index (χ1) is 25.8. The second kappa shape index (κ2) is 11.2. The van der Waals surface area contributed by atoms with Crippen molar-refractivity contribution in [1.29, 1.82) is 0 Å². The molecule has 3 heterocycles. The minimum absolute atomic E-state index is 0.846. The number of aromatic nitrogens is 1. The summed E-state index contributed by atoms with van der Waals surface area (Å²) in [4.78, 5) is 2.40. The van der Waals surface area contributed by atoms with Crippen LogP contribution in [-0.2, 0) is 0 Å². The molecule has 3 aromatic heterocycles. The van der Waals surface area contributed by atoms with E-state index in [1.54, 1.807) is 0 Å². The first-order valence-electron chi connectivity index (χ1n) is 17.6. The minimum atomic E-state index is 0.846. The fraction of sp³-hybridized carbons (Fsp3) is 0. The summed E-state index contributed by atoms with van der Waals surface area (Å²) in [5, 5.41) is 6.74. The molecule has 244 valence electrons. The average molecular weight is 667 g/mol. The fourth-order valence-corrected chi connectivity index (χ4v) is 8.15. The lowest BCUT2D eigenvalue weighted by Gasteiger charge is -2.28. The van der Waals surface area contributed by atoms with Gasteiger partial charge in [0.05, 0.1) is 28.1 Å². The zero-order valence-electron chi connectivity index (χ0n) is 28.0. The Kier molecular flexibility index (Phi) is 6.22. The Hall–Kier alpha value is -7.04. The predicted molar refractivity (Wildman–Crippen MR) is 215 cm³/mol. The van der Waals surface area contributed by atoms with Crippen molar-refractivity contribution in [3.63, 3.8) is 0 Å². The Bertz CT molecular complexity index is 3150. The van der Waals surface area contributed by atoms with Crippen LogP contribution in [0.2, 0.25) is 0 Å². The molecular weight excluding hydrogens is 637 g/mol. The average Bonchev–Trinajstić information content (AvgIpc) is 3.89. The number of benzene rings is 8. The second-order valence-corrected chi connectivity index (χ2v) is 13.3. The van der Waals surface area contributed by atoms with Gasteiger partial charge in [-0.2, -0.15) is 0 Å². The van der Waals surface area contributed by atoms with Crippen molar-refractivity contribution in [2.45, 2.75) is 0 Å². The molecule has 0 N–H and O–H groups in total. The number of furan rings is 2. The van der Waals surface area contributed by atoms with E-state index < -0.39 is 0 Å². The van der Waals surface area contributed by atoms with Crippen LogP contribution in [-0.4, -0.2) is 4.57 Å². The van der Waals surface area contributed by atoms with E-state index in [9.17, 15) is 0 Å². The lowest BCUT2D eigenvalue weighted by molar-refractivity contribution is 0.668. The minimum Gasteiger partial charge on any atom is -0.456 e. The molecule has 0 bridgehead atoms. The molecule has 8 aromatic carbocycles. The van der Waals surface area contributed by atoms with Crippen LogP contribution >= 0.6 is 0 Å². The van der Waals surface area contributed by atoms with Crippen LogP contribution in [0.25, 0.3) is 82.5 Å². The molecule has 0 aliphatic carbocycles. The van der Waals surface area contributed by atoms with Gasteiger partial charge in [-0.1, -0.05) is 115 Å². The lowest BCUT2D eigenvalue weighted by Crippen LogP contribution is -2.12. The Morgan fingerprint density at radius 1 is 0.385 bits per heavy atom. The summed E-state index contributed by atoms with van der Waals surface area (Å²) in [5.41, 5.74) is 12.2. The SMILES string of the molecule is c1ccc(-n2c3ccccc3c3c(N(c4ccccc4-c4ccc5oc6ccccc6c5c4)c4cccc5c4oc4ccccc45)cccc32)cc1. The standard InChI is InChI=1S/C48H30N2O2/c1-2-14-32(15-3-1)49-40-22-9-5-19-37(40)47-41(49)23-13-24-42(47)50(43-25-12-20-36-34-17-6-11-27-45(34)52-48(36)43)39-21-8-4-16-33(39)31-28-29-46-38(30-31)35-18-7-10-26-44(35)51-46/h1-30H. The Labute approximate surface area is 299 Å². The second-order valence-electron chi connectivity index (χ2n) is 13.3. The third-order valence-electron chi connectivity index (χ3n) is 10.4. The smallest absolute Gasteiger partial charge is 0.159 e. The summed E-state index contributed by atoms with van der Waals surface area (Å²) in [6.07, 6.45) is 0. The maximum Gasteiger partial charge on any atom is 0.159 e. The molecule has 0 aliphatic heterocycles. The molecule has 4 nitrogen and oxygen atoms in total. The van der Waals surface area contributed by atoms with Crippen molar-refractivity contribution in [1.82, 2.24) is 4.57 Å². The number of nitrogens with zero attached hydrogens (tertiary/aromatic N) is 2. The van der Waals surface area contributed by atoms with Gasteiger partial charge in [-0.05, 0) is 72.3 Å². The van der Waals surface area contributed by atoms with E-state index in [-0.39, 0.29) is 0 Å². The summed E-state index contributed by atoms with van der Waals surface area (Å²) in [6, 6.07) is 64.3.